The molecule has 28 heavy (non-hydrogen) atoms. The summed E-state index contributed by atoms with van der Waals surface area (Å²) in [5, 5.41) is 10.0. The van der Waals surface area contributed by atoms with Crippen LogP contribution in [0.25, 0.3) is 10.9 Å². The predicted molar refractivity (Wildman–Crippen MR) is 113 cm³/mol. The molecule has 0 bridgehead atoms. The van der Waals surface area contributed by atoms with Crippen LogP contribution < -0.4 is 9.64 Å². The monoisotopic (exact) mass is 378 g/mol. The second kappa shape index (κ2) is 8.74. The number of aryl methyl sites for hydroxylation is 1. The number of benzene rings is 2. The van der Waals surface area contributed by atoms with E-state index in [9.17, 15) is 4.79 Å². The molecule has 0 aliphatic heterocycles. The summed E-state index contributed by atoms with van der Waals surface area (Å²) in [4.78, 5) is 18.0. The van der Waals surface area contributed by atoms with Gasteiger partial charge in [0.1, 0.15) is 11.5 Å². The number of ether oxygens (including phenoxy) is 1. The fraction of sp³-hybridized carbons (Fsp3) is 0.304. The van der Waals surface area contributed by atoms with Crippen LogP contribution in [-0.4, -0.2) is 29.1 Å². The van der Waals surface area contributed by atoms with Crippen LogP contribution >= 0.6 is 0 Å². The van der Waals surface area contributed by atoms with Gasteiger partial charge in [-0.1, -0.05) is 18.2 Å². The number of carboxylic acid groups (broad SMARTS) is 1. The molecule has 0 radical (unpaired) electrons. The summed E-state index contributed by atoms with van der Waals surface area (Å²) in [5.41, 5.74) is 3.59. The number of rotatable bonds is 8. The molecule has 0 atom stereocenters. The number of aromatic nitrogens is 1. The molecule has 1 N–H and O–H groups in total. The highest BCUT2D eigenvalue weighted by atomic mass is 16.5. The van der Waals surface area contributed by atoms with E-state index in [4.69, 9.17) is 9.84 Å². The largest absolute Gasteiger partial charge is 0.481 e. The number of carboxylic acids is 1. The second-order valence-electron chi connectivity index (χ2n) is 6.69. The lowest BCUT2D eigenvalue weighted by Gasteiger charge is -2.22. The van der Waals surface area contributed by atoms with Gasteiger partial charge in [0, 0.05) is 47.9 Å². The number of fused-ring (bicyclic) bond motifs is 1. The molecule has 5 heteroatoms. The van der Waals surface area contributed by atoms with Crippen LogP contribution in [0.3, 0.4) is 0 Å². The van der Waals surface area contributed by atoms with Crippen molar-refractivity contribution in [2.24, 2.45) is 0 Å². The van der Waals surface area contributed by atoms with Gasteiger partial charge in [0.15, 0.2) is 0 Å². The second-order valence-corrected chi connectivity index (χ2v) is 6.69. The summed E-state index contributed by atoms with van der Waals surface area (Å²) in [6.45, 7) is 7.99. The molecule has 2 aromatic carbocycles. The fourth-order valence-corrected chi connectivity index (χ4v) is 3.43. The molecule has 5 nitrogen and oxygen atoms in total. The molecule has 3 aromatic rings. The molecule has 0 amide bonds. The Balaban J connectivity index is 2.07. The predicted octanol–water partition coefficient (Wildman–Crippen LogP) is 5.20. The van der Waals surface area contributed by atoms with Gasteiger partial charge >= 0.3 is 5.97 Å². The molecule has 1 aromatic heterocycles. The molecule has 0 aliphatic carbocycles. The third-order valence-electron chi connectivity index (χ3n) is 4.90. The van der Waals surface area contributed by atoms with E-state index in [1.165, 1.54) is 0 Å². The Bertz CT molecular complexity index is 981. The zero-order valence-corrected chi connectivity index (χ0v) is 16.6. The van der Waals surface area contributed by atoms with Crippen molar-refractivity contribution in [1.29, 1.82) is 0 Å². The first-order valence-electron chi connectivity index (χ1n) is 9.66. The average Bonchev–Trinajstić information content (AvgIpc) is 2.68. The van der Waals surface area contributed by atoms with E-state index in [1.54, 1.807) is 0 Å². The van der Waals surface area contributed by atoms with Crippen LogP contribution in [-0.2, 0) is 11.2 Å². The van der Waals surface area contributed by atoms with E-state index in [1.807, 2.05) is 49.4 Å². The van der Waals surface area contributed by atoms with Crippen LogP contribution in [0.1, 0.15) is 31.5 Å². The third kappa shape index (κ3) is 4.25. The molecule has 0 fully saturated rings. The van der Waals surface area contributed by atoms with Crippen LogP contribution in [0.2, 0.25) is 0 Å². The minimum atomic E-state index is -0.831. The van der Waals surface area contributed by atoms with Gasteiger partial charge in [0.05, 0.1) is 5.52 Å². The number of para-hydroxylation sites is 1. The molecular formula is C23H26N2O3. The summed E-state index contributed by atoms with van der Waals surface area (Å²) >= 11 is 0. The van der Waals surface area contributed by atoms with Gasteiger partial charge in [0.2, 0.25) is 0 Å². The lowest BCUT2D eigenvalue weighted by Crippen LogP contribution is -2.21. The Labute approximate surface area is 165 Å². The standard InChI is InChI=1S/C23H26N2O3/c1-4-25(5-2)17-9-8-10-18(15-17)28-23-19(13-14-22(26)27)16(3)24-21-12-7-6-11-20(21)23/h6-12,15H,4-5,13-14H2,1-3H3,(H,26,27). The maximum Gasteiger partial charge on any atom is 0.303 e. The molecule has 0 aliphatic rings. The van der Waals surface area contributed by atoms with Crippen LogP contribution in [0, 0.1) is 6.92 Å². The zero-order valence-electron chi connectivity index (χ0n) is 16.6. The van der Waals surface area contributed by atoms with Gasteiger partial charge in [-0.2, -0.15) is 0 Å². The fourth-order valence-electron chi connectivity index (χ4n) is 3.43. The lowest BCUT2D eigenvalue weighted by molar-refractivity contribution is -0.136. The summed E-state index contributed by atoms with van der Waals surface area (Å²) in [6.07, 6.45) is 0.417. The summed E-state index contributed by atoms with van der Waals surface area (Å²) < 4.78 is 6.36. The van der Waals surface area contributed by atoms with Crippen molar-refractivity contribution in [1.82, 2.24) is 4.98 Å². The number of pyridine rings is 1. The number of nitrogens with zero attached hydrogens (tertiary/aromatic N) is 2. The minimum Gasteiger partial charge on any atom is -0.481 e. The SMILES string of the molecule is CCN(CC)c1cccc(Oc2c(CCC(=O)O)c(C)nc3ccccc23)c1. The van der Waals surface area contributed by atoms with Crippen molar-refractivity contribution in [3.05, 3.63) is 59.8 Å². The maximum absolute atomic E-state index is 11.1. The minimum absolute atomic E-state index is 0.0384. The summed E-state index contributed by atoms with van der Waals surface area (Å²) in [7, 11) is 0. The van der Waals surface area contributed by atoms with Gasteiger partial charge < -0.3 is 14.7 Å². The topological polar surface area (TPSA) is 62.7 Å². The Kier molecular flexibility index (Phi) is 6.14. The van der Waals surface area contributed by atoms with Gasteiger partial charge in [0.25, 0.3) is 0 Å². The lowest BCUT2D eigenvalue weighted by atomic mass is 10.0. The summed E-state index contributed by atoms with van der Waals surface area (Å²) in [6, 6.07) is 15.8. The highest BCUT2D eigenvalue weighted by Crippen LogP contribution is 2.36. The Hall–Kier alpha value is -3.08. The number of hydrogen-bond donors (Lipinski definition) is 1. The van der Waals surface area contributed by atoms with Crippen molar-refractivity contribution in [2.75, 3.05) is 18.0 Å². The van der Waals surface area contributed by atoms with E-state index >= 15 is 0 Å². The number of carbonyl (C=O) groups is 1. The van der Waals surface area contributed by atoms with Crippen molar-refractivity contribution in [2.45, 2.75) is 33.6 Å². The van der Waals surface area contributed by atoms with Gasteiger partial charge in [-0.25, -0.2) is 0 Å². The molecule has 0 saturated carbocycles. The van der Waals surface area contributed by atoms with E-state index in [0.717, 1.165) is 46.7 Å². The highest BCUT2D eigenvalue weighted by molar-refractivity contribution is 5.87. The quantitative estimate of drug-likeness (QED) is 0.584. The van der Waals surface area contributed by atoms with E-state index in [0.29, 0.717) is 12.2 Å². The first-order chi connectivity index (χ1) is 13.5. The summed E-state index contributed by atoms with van der Waals surface area (Å²) in [5.74, 6) is 0.597. The van der Waals surface area contributed by atoms with Crippen LogP contribution in [0.4, 0.5) is 5.69 Å². The molecule has 0 saturated heterocycles. The number of hydrogen-bond acceptors (Lipinski definition) is 4. The molecular weight excluding hydrogens is 352 g/mol. The van der Waals surface area contributed by atoms with Crippen molar-refractivity contribution in [3.8, 4) is 11.5 Å². The normalized spacial score (nSPS) is 10.8. The van der Waals surface area contributed by atoms with Crippen molar-refractivity contribution >= 4 is 22.6 Å². The molecule has 3 rings (SSSR count). The van der Waals surface area contributed by atoms with E-state index in [-0.39, 0.29) is 6.42 Å². The van der Waals surface area contributed by atoms with Crippen LogP contribution in [0.15, 0.2) is 48.5 Å². The van der Waals surface area contributed by atoms with Gasteiger partial charge in [-0.3, -0.25) is 9.78 Å². The number of anilines is 1. The third-order valence-corrected chi connectivity index (χ3v) is 4.90. The zero-order chi connectivity index (χ0) is 20.1. The smallest absolute Gasteiger partial charge is 0.303 e. The highest BCUT2D eigenvalue weighted by Gasteiger charge is 2.16. The van der Waals surface area contributed by atoms with E-state index < -0.39 is 5.97 Å². The first kappa shape index (κ1) is 19.7. The molecule has 146 valence electrons. The average molecular weight is 378 g/mol. The Morgan fingerprint density at radius 1 is 1.11 bits per heavy atom. The Morgan fingerprint density at radius 3 is 2.57 bits per heavy atom. The Morgan fingerprint density at radius 2 is 1.86 bits per heavy atom. The van der Waals surface area contributed by atoms with E-state index in [2.05, 4.69) is 29.8 Å². The van der Waals surface area contributed by atoms with Crippen molar-refractivity contribution < 1.29 is 14.6 Å². The first-order valence-corrected chi connectivity index (χ1v) is 9.66. The van der Waals surface area contributed by atoms with Crippen LogP contribution in [0.5, 0.6) is 11.5 Å². The molecule has 1 heterocycles. The van der Waals surface area contributed by atoms with Crippen molar-refractivity contribution in [3.63, 3.8) is 0 Å². The number of aliphatic carboxylic acids is 1. The van der Waals surface area contributed by atoms with Gasteiger partial charge in [-0.05, 0) is 51.5 Å². The molecule has 0 unspecified atom stereocenters. The maximum atomic E-state index is 11.1. The molecule has 0 spiro atoms. The van der Waals surface area contributed by atoms with Gasteiger partial charge in [-0.15, -0.1) is 0 Å².